The van der Waals surface area contributed by atoms with Crippen molar-refractivity contribution in [1.29, 1.82) is 0 Å². The summed E-state index contributed by atoms with van der Waals surface area (Å²) in [6.45, 7) is 0.372. The minimum atomic E-state index is -3.64. The number of anilines is 1. The van der Waals surface area contributed by atoms with Crippen LogP contribution in [0.25, 0.3) is 0 Å². The van der Waals surface area contributed by atoms with E-state index in [-0.39, 0.29) is 42.3 Å². The molecule has 2 amide bonds. The zero-order valence-corrected chi connectivity index (χ0v) is 19.5. The molecule has 1 aliphatic rings. The Bertz CT molecular complexity index is 1150. The third kappa shape index (κ3) is 5.92. The smallest absolute Gasteiger partial charge is 0.243 e. The van der Waals surface area contributed by atoms with E-state index in [9.17, 15) is 18.0 Å². The highest BCUT2D eigenvalue weighted by Gasteiger charge is 2.33. The molecule has 0 aromatic heterocycles. The maximum absolute atomic E-state index is 12.9. The largest absolute Gasteiger partial charge is 0.497 e. The van der Waals surface area contributed by atoms with Crippen LogP contribution in [0.4, 0.5) is 5.69 Å². The van der Waals surface area contributed by atoms with Gasteiger partial charge in [0.05, 0.1) is 18.6 Å². The number of hydrogen-bond acceptors (Lipinski definition) is 5. The van der Waals surface area contributed by atoms with Gasteiger partial charge in [0.25, 0.3) is 0 Å². The number of terminal acetylenes is 1. The van der Waals surface area contributed by atoms with Crippen molar-refractivity contribution in [1.82, 2.24) is 9.21 Å². The van der Waals surface area contributed by atoms with Gasteiger partial charge in [-0.05, 0) is 55.3 Å². The Morgan fingerprint density at radius 1 is 1.18 bits per heavy atom. The maximum atomic E-state index is 12.9. The average Bonchev–Trinajstić information content (AvgIpc) is 2.83. The molecule has 2 aromatic rings. The summed E-state index contributed by atoms with van der Waals surface area (Å²) in [5.41, 5.74) is 1.21. The third-order valence-corrected chi connectivity index (χ3v) is 7.48. The van der Waals surface area contributed by atoms with Crippen LogP contribution in [-0.4, -0.2) is 63.2 Å². The van der Waals surface area contributed by atoms with Gasteiger partial charge in [-0.2, -0.15) is 4.31 Å². The van der Waals surface area contributed by atoms with Gasteiger partial charge in [0, 0.05) is 37.3 Å². The van der Waals surface area contributed by atoms with E-state index in [2.05, 4.69) is 11.2 Å². The van der Waals surface area contributed by atoms with Crippen LogP contribution in [0.15, 0.2) is 53.4 Å². The number of rotatable bonds is 7. The van der Waals surface area contributed by atoms with Crippen LogP contribution in [0.2, 0.25) is 0 Å². The van der Waals surface area contributed by atoms with Crippen LogP contribution >= 0.6 is 0 Å². The van der Waals surface area contributed by atoms with Gasteiger partial charge >= 0.3 is 0 Å². The van der Waals surface area contributed by atoms with Crippen LogP contribution in [0, 0.1) is 18.3 Å². The van der Waals surface area contributed by atoms with Gasteiger partial charge in [-0.3, -0.25) is 9.59 Å². The van der Waals surface area contributed by atoms with Crippen molar-refractivity contribution in [3.8, 4) is 18.1 Å². The minimum absolute atomic E-state index is 0.108. The van der Waals surface area contributed by atoms with E-state index < -0.39 is 10.0 Å². The van der Waals surface area contributed by atoms with Crippen molar-refractivity contribution in [2.24, 2.45) is 5.92 Å². The molecule has 9 heteroatoms. The summed E-state index contributed by atoms with van der Waals surface area (Å²) in [5, 5.41) is 2.73. The molecule has 1 N–H and O–H groups in total. The zero-order valence-electron chi connectivity index (χ0n) is 18.7. The van der Waals surface area contributed by atoms with E-state index in [0.717, 1.165) is 0 Å². The van der Waals surface area contributed by atoms with E-state index in [1.165, 1.54) is 28.4 Å². The number of piperidine rings is 1. The Morgan fingerprint density at radius 2 is 1.85 bits per heavy atom. The molecule has 0 bridgehead atoms. The Hall–Kier alpha value is -3.35. The molecule has 8 nitrogen and oxygen atoms in total. The first-order chi connectivity index (χ1) is 15.7. The molecule has 1 heterocycles. The summed E-state index contributed by atoms with van der Waals surface area (Å²) in [7, 11) is -0.555. The van der Waals surface area contributed by atoms with Crippen molar-refractivity contribution in [3.05, 3.63) is 54.1 Å². The lowest BCUT2D eigenvalue weighted by atomic mass is 9.96. The van der Waals surface area contributed by atoms with Crippen molar-refractivity contribution in [2.75, 3.05) is 39.1 Å². The molecule has 3 rings (SSSR count). The van der Waals surface area contributed by atoms with Gasteiger partial charge in [-0.15, -0.1) is 6.42 Å². The summed E-state index contributed by atoms with van der Waals surface area (Å²) in [5.74, 6) is 2.23. The number of amides is 2. The number of benzene rings is 2. The standard InChI is InChI=1S/C24H27N3O5S/c1-4-18-6-5-7-20(16-18)25-23(28)17-26(2)24(29)19-12-14-27(15-13-19)33(30,31)22-10-8-21(32-3)9-11-22/h1,5-11,16,19H,12-15,17H2,2-3H3,(H,25,28). The average molecular weight is 470 g/mol. The van der Waals surface area contributed by atoms with Crippen molar-refractivity contribution >= 4 is 27.5 Å². The molecule has 0 spiro atoms. The van der Waals surface area contributed by atoms with E-state index in [4.69, 9.17) is 11.2 Å². The fourth-order valence-corrected chi connectivity index (χ4v) is 5.20. The molecule has 33 heavy (non-hydrogen) atoms. The van der Waals surface area contributed by atoms with Gasteiger partial charge in [-0.25, -0.2) is 8.42 Å². The SMILES string of the molecule is C#Cc1cccc(NC(=O)CN(C)C(=O)C2CCN(S(=O)(=O)c3ccc(OC)cc3)CC2)c1. The molecule has 0 aliphatic carbocycles. The van der Waals surface area contributed by atoms with Crippen molar-refractivity contribution < 1.29 is 22.7 Å². The first kappa shape index (κ1) is 24.3. The second kappa shape index (κ2) is 10.5. The van der Waals surface area contributed by atoms with Gasteiger partial charge in [-0.1, -0.05) is 12.0 Å². The summed E-state index contributed by atoms with van der Waals surface area (Å²) < 4.78 is 32.2. The molecule has 0 atom stereocenters. The van der Waals surface area contributed by atoms with Crippen LogP contribution in [0.3, 0.4) is 0 Å². The van der Waals surface area contributed by atoms with Crippen molar-refractivity contribution in [2.45, 2.75) is 17.7 Å². The van der Waals surface area contributed by atoms with Gasteiger partial charge < -0.3 is 15.0 Å². The molecular formula is C24H27N3O5S. The molecule has 1 saturated heterocycles. The van der Waals surface area contributed by atoms with Crippen LogP contribution < -0.4 is 10.1 Å². The molecule has 174 valence electrons. The first-order valence-corrected chi connectivity index (χ1v) is 11.9. The number of likely N-dealkylation sites (N-methyl/N-ethyl adjacent to an activating group) is 1. The Labute approximate surface area is 194 Å². The zero-order chi connectivity index (χ0) is 24.0. The lowest BCUT2D eigenvalue weighted by Gasteiger charge is -2.32. The van der Waals surface area contributed by atoms with E-state index in [1.807, 2.05) is 0 Å². The normalized spacial score (nSPS) is 14.8. The van der Waals surface area contributed by atoms with Crippen LogP contribution in [0.1, 0.15) is 18.4 Å². The number of nitrogens with zero attached hydrogens (tertiary/aromatic N) is 2. The highest BCUT2D eigenvalue weighted by atomic mass is 32.2. The summed E-state index contributed by atoms with van der Waals surface area (Å²) in [6, 6.07) is 13.1. The van der Waals surface area contributed by atoms with Crippen molar-refractivity contribution in [3.63, 3.8) is 0 Å². The molecule has 0 unspecified atom stereocenters. The summed E-state index contributed by atoms with van der Waals surface area (Å²) in [4.78, 5) is 26.7. The number of hydrogen-bond donors (Lipinski definition) is 1. The lowest BCUT2D eigenvalue weighted by Crippen LogP contribution is -2.45. The summed E-state index contributed by atoms with van der Waals surface area (Å²) in [6.07, 6.45) is 6.16. The Balaban J connectivity index is 1.53. The second-order valence-electron chi connectivity index (χ2n) is 7.82. The van der Waals surface area contributed by atoms with E-state index >= 15 is 0 Å². The number of sulfonamides is 1. The molecule has 1 fully saturated rings. The number of ether oxygens (including phenoxy) is 1. The first-order valence-electron chi connectivity index (χ1n) is 10.5. The number of nitrogens with one attached hydrogen (secondary N) is 1. The topological polar surface area (TPSA) is 96.0 Å². The highest BCUT2D eigenvalue weighted by Crippen LogP contribution is 2.26. The Morgan fingerprint density at radius 3 is 2.45 bits per heavy atom. The van der Waals surface area contributed by atoms with Gasteiger partial charge in [0.15, 0.2) is 0 Å². The van der Waals surface area contributed by atoms with Gasteiger partial charge in [0.2, 0.25) is 21.8 Å². The quantitative estimate of drug-likeness (QED) is 0.627. The van der Waals surface area contributed by atoms with E-state index in [0.29, 0.717) is 29.8 Å². The monoisotopic (exact) mass is 469 g/mol. The highest BCUT2D eigenvalue weighted by molar-refractivity contribution is 7.89. The van der Waals surface area contributed by atoms with Crippen LogP contribution in [0.5, 0.6) is 5.75 Å². The Kier molecular flexibility index (Phi) is 7.74. The molecule has 0 radical (unpaired) electrons. The molecule has 1 aliphatic heterocycles. The number of carbonyl (C=O) groups excluding carboxylic acids is 2. The number of methoxy groups -OCH3 is 1. The molecule has 0 saturated carbocycles. The fraction of sp³-hybridized carbons (Fsp3) is 0.333. The summed E-state index contributed by atoms with van der Waals surface area (Å²) >= 11 is 0. The number of carbonyl (C=O) groups is 2. The predicted octanol–water partition coefficient (Wildman–Crippen LogP) is 2.17. The van der Waals surface area contributed by atoms with E-state index in [1.54, 1.807) is 43.4 Å². The molecule has 2 aromatic carbocycles. The van der Waals surface area contributed by atoms with Crippen LogP contribution in [-0.2, 0) is 19.6 Å². The fourth-order valence-electron chi connectivity index (χ4n) is 3.73. The maximum Gasteiger partial charge on any atom is 0.243 e. The second-order valence-corrected chi connectivity index (χ2v) is 9.76. The predicted molar refractivity (Wildman–Crippen MR) is 125 cm³/mol. The third-order valence-electron chi connectivity index (χ3n) is 5.57. The minimum Gasteiger partial charge on any atom is -0.497 e. The van der Waals surface area contributed by atoms with Gasteiger partial charge in [0.1, 0.15) is 5.75 Å². The lowest BCUT2D eigenvalue weighted by molar-refractivity contribution is -0.138. The molecular weight excluding hydrogens is 442 g/mol.